The summed E-state index contributed by atoms with van der Waals surface area (Å²) in [5.74, 6) is 0.0237. The highest BCUT2D eigenvalue weighted by Crippen LogP contribution is 2.24. The molecule has 0 aliphatic carbocycles. The normalized spacial score (nSPS) is 22.6. The lowest BCUT2D eigenvalue weighted by atomic mass is 9.91. The Kier molecular flexibility index (Phi) is 5.37. The first-order chi connectivity index (χ1) is 7.99. The largest absolute Gasteiger partial charge is 0.393 e. The van der Waals surface area contributed by atoms with Gasteiger partial charge in [-0.2, -0.15) is 0 Å². The van der Waals surface area contributed by atoms with Crippen LogP contribution in [0.15, 0.2) is 0 Å². The van der Waals surface area contributed by atoms with Crippen molar-refractivity contribution in [3.05, 3.63) is 0 Å². The van der Waals surface area contributed by atoms with Crippen LogP contribution in [0.2, 0.25) is 0 Å². The third-order valence-electron chi connectivity index (χ3n) is 3.62. The fourth-order valence-electron chi connectivity index (χ4n) is 2.63. The van der Waals surface area contributed by atoms with Gasteiger partial charge in [0, 0.05) is 12.6 Å². The standard InChI is InChI=1S/C13H24N2OS/c1-4-10-7-5-6-8-15(10)13(16)11(9(2)3)12(14)17/h9-11H,4-8H2,1-3H3,(H2,14,17). The lowest BCUT2D eigenvalue weighted by molar-refractivity contribution is -0.138. The minimum Gasteiger partial charge on any atom is -0.393 e. The smallest absolute Gasteiger partial charge is 0.233 e. The number of rotatable bonds is 4. The highest BCUT2D eigenvalue weighted by Gasteiger charge is 2.33. The summed E-state index contributed by atoms with van der Waals surface area (Å²) in [6.07, 6.45) is 4.46. The predicted octanol–water partition coefficient (Wildman–Crippen LogP) is 2.34. The second kappa shape index (κ2) is 6.34. The van der Waals surface area contributed by atoms with Crippen LogP contribution in [0, 0.1) is 11.8 Å². The molecule has 1 fully saturated rings. The van der Waals surface area contributed by atoms with Gasteiger partial charge in [0.2, 0.25) is 5.91 Å². The van der Waals surface area contributed by atoms with E-state index >= 15 is 0 Å². The summed E-state index contributed by atoms with van der Waals surface area (Å²) in [5, 5.41) is 0. The molecule has 0 bridgehead atoms. The van der Waals surface area contributed by atoms with E-state index in [1.165, 1.54) is 6.42 Å². The molecule has 1 rings (SSSR count). The molecule has 1 heterocycles. The fourth-order valence-corrected chi connectivity index (χ4v) is 3.00. The third kappa shape index (κ3) is 3.41. The quantitative estimate of drug-likeness (QED) is 0.785. The van der Waals surface area contributed by atoms with Crippen LogP contribution in [0.1, 0.15) is 46.5 Å². The first-order valence-electron chi connectivity index (χ1n) is 6.58. The zero-order valence-corrected chi connectivity index (χ0v) is 11.9. The Morgan fingerprint density at radius 3 is 2.59 bits per heavy atom. The summed E-state index contributed by atoms with van der Waals surface area (Å²) in [6, 6.07) is 0.381. The molecule has 1 aliphatic heterocycles. The van der Waals surface area contributed by atoms with Gasteiger partial charge >= 0.3 is 0 Å². The zero-order valence-electron chi connectivity index (χ0n) is 11.1. The summed E-state index contributed by atoms with van der Waals surface area (Å²) in [6.45, 7) is 7.02. The maximum Gasteiger partial charge on any atom is 0.233 e. The summed E-state index contributed by atoms with van der Waals surface area (Å²) in [4.78, 5) is 14.9. The van der Waals surface area contributed by atoms with Gasteiger partial charge in [-0.25, -0.2) is 0 Å². The molecule has 17 heavy (non-hydrogen) atoms. The molecule has 98 valence electrons. The average Bonchev–Trinajstić information content (AvgIpc) is 2.27. The van der Waals surface area contributed by atoms with Crippen LogP contribution in [-0.2, 0) is 4.79 Å². The van der Waals surface area contributed by atoms with Crippen LogP contribution < -0.4 is 5.73 Å². The van der Waals surface area contributed by atoms with Gasteiger partial charge in [-0.1, -0.05) is 33.0 Å². The van der Waals surface area contributed by atoms with E-state index < -0.39 is 0 Å². The van der Waals surface area contributed by atoms with Crippen molar-refractivity contribution in [1.82, 2.24) is 4.90 Å². The number of thiocarbonyl (C=S) groups is 1. The number of nitrogens with two attached hydrogens (primary N) is 1. The van der Waals surface area contributed by atoms with Crippen molar-refractivity contribution >= 4 is 23.1 Å². The van der Waals surface area contributed by atoms with E-state index in [9.17, 15) is 4.79 Å². The Balaban J connectivity index is 2.81. The molecule has 1 amide bonds. The number of hydrogen-bond donors (Lipinski definition) is 1. The highest BCUT2D eigenvalue weighted by molar-refractivity contribution is 7.80. The Morgan fingerprint density at radius 1 is 1.47 bits per heavy atom. The highest BCUT2D eigenvalue weighted by atomic mass is 32.1. The van der Waals surface area contributed by atoms with Crippen LogP contribution in [-0.4, -0.2) is 28.4 Å². The van der Waals surface area contributed by atoms with Crippen LogP contribution in [0.4, 0.5) is 0 Å². The van der Waals surface area contributed by atoms with Crippen molar-refractivity contribution in [2.24, 2.45) is 17.6 Å². The van der Waals surface area contributed by atoms with E-state index in [0.29, 0.717) is 11.0 Å². The molecule has 4 heteroatoms. The Labute approximate surface area is 110 Å². The molecule has 1 aliphatic rings. The molecule has 3 nitrogen and oxygen atoms in total. The van der Waals surface area contributed by atoms with Crippen LogP contribution >= 0.6 is 12.2 Å². The maximum atomic E-state index is 12.5. The Hall–Kier alpha value is -0.640. The van der Waals surface area contributed by atoms with Gasteiger partial charge in [-0.05, 0) is 31.6 Å². The van der Waals surface area contributed by atoms with E-state index in [0.717, 1.165) is 25.8 Å². The van der Waals surface area contributed by atoms with Crippen molar-refractivity contribution in [2.75, 3.05) is 6.54 Å². The summed E-state index contributed by atoms with van der Waals surface area (Å²) >= 11 is 5.04. The summed E-state index contributed by atoms with van der Waals surface area (Å²) < 4.78 is 0. The lowest BCUT2D eigenvalue weighted by Gasteiger charge is -2.38. The SMILES string of the molecule is CCC1CCCCN1C(=O)C(C(N)=S)C(C)C. The fraction of sp³-hybridized carbons (Fsp3) is 0.846. The number of likely N-dealkylation sites (tertiary alicyclic amines) is 1. The van der Waals surface area contributed by atoms with Gasteiger partial charge in [-0.15, -0.1) is 0 Å². The molecule has 0 spiro atoms. The Bertz CT molecular complexity index is 291. The first-order valence-corrected chi connectivity index (χ1v) is 6.99. The Morgan fingerprint density at radius 2 is 2.12 bits per heavy atom. The van der Waals surface area contributed by atoms with E-state index in [1.807, 2.05) is 18.7 Å². The average molecular weight is 256 g/mol. The lowest BCUT2D eigenvalue weighted by Crippen LogP contribution is -2.50. The molecule has 0 radical (unpaired) electrons. The summed E-state index contributed by atoms with van der Waals surface area (Å²) in [7, 11) is 0. The minimum absolute atomic E-state index is 0.138. The zero-order chi connectivity index (χ0) is 13.0. The van der Waals surface area contributed by atoms with E-state index in [2.05, 4.69) is 6.92 Å². The molecule has 0 aromatic rings. The molecule has 2 unspecified atom stereocenters. The van der Waals surface area contributed by atoms with Gasteiger partial charge < -0.3 is 10.6 Å². The number of amides is 1. The van der Waals surface area contributed by atoms with Crippen LogP contribution in [0.3, 0.4) is 0 Å². The van der Waals surface area contributed by atoms with Crippen molar-refractivity contribution in [3.63, 3.8) is 0 Å². The third-order valence-corrected chi connectivity index (χ3v) is 3.87. The number of piperidine rings is 1. The maximum absolute atomic E-state index is 12.5. The van der Waals surface area contributed by atoms with Crippen LogP contribution in [0.25, 0.3) is 0 Å². The van der Waals surface area contributed by atoms with Crippen molar-refractivity contribution < 1.29 is 4.79 Å². The number of carbonyl (C=O) groups excluding carboxylic acids is 1. The molecule has 1 saturated heterocycles. The number of carbonyl (C=O) groups is 1. The molecule has 0 aromatic carbocycles. The molecule has 2 atom stereocenters. The van der Waals surface area contributed by atoms with Gasteiger partial charge in [0.15, 0.2) is 0 Å². The number of hydrogen-bond acceptors (Lipinski definition) is 2. The first kappa shape index (κ1) is 14.4. The van der Waals surface area contributed by atoms with Gasteiger partial charge in [-0.3, -0.25) is 4.79 Å². The summed E-state index contributed by atoms with van der Waals surface area (Å²) in [5.41, 5.74) is 5.72. The monoisotopic (exact) mass is 256 g/mol. The van der Waals surface area contributed by atoms with Crippen molar-refractivity contribution in [3.8, 4) is 0 Å². The number of nitrogens with zero attached hydrogens (tertiary/aromatic N) is 1. The van der Waals surface area contributed by atoms with E-state index in [-0.39, 0.29) is 17.7 Å². The van der Waals surface area contributed by atoms with Gasteiger partial charge in [0.05, 0.1) is 10.9 Å². The van der Waals surface area contributed by atoms with Crippen molar-refractivity contribution in [2.45, 2.75) is 52.5 Å². The van der Waals surface area contributed by atoms with E-state index in [1.54, 1.807) is 0 Å². The second-order valence-electron chi connectivity index (χ2n) is 5.21. The molecule has 2 N–H and O–H groups in total. The minimum atomic E-state index is -0.294. The molecular weight excluding hydrogens is 232 g/mol. The van der Waals surface area contributed by atoms with Crippen molar-refractivity contribution in [1.29, 1.82) is 0 Å². The second-order valence-corrected chi connectivity index (χ2v) is 5.68. The molecule has 0 aromatic heterocycles. The van der Waals surface area contributed by atoms with E-state index in [4.69, 9.17) is 18.0 Å². The van der Waals surface area contributed by atoms with Crippen LogP contribution in [0.5, 0.6) is 0 Å². The molecular formula is C13H24N2OS. The predicted molar refractivity (Wildman–Crippen MR) is 74.8 cm³/mol. The topological polar surface area (TPSA) is 46.3 Å². The molecule has 0 saturated carbocycles. The van der Waals surface area contributed by atoms with Gasteiger partial charge in [0.25, 0.3) is 0 Å². The van der Waals surface area contributed by atoms with Gasteiger partial charge in [0.1, 0.15) is 0 Å².